The monoisotopic (exact) mass is 423 g/mol. The molecule has 30 heavy (non-hydrogen) atoms. The number of benzene rings is 2. The Balaban J connectivity index is 1.75. The minimum absolute atomic E-state index is 0.0333. The zero-order valence-electron chi connectivity index (χ0n) is 16.2. The van der Waals surface area contributed by atoms with Gasteiger partial charge in [-0.25, -0.2) is 4.79 Å². The third-order valence-electron chi connectivity index (χ3n) is 4.28. The molecule has 8 nitrogen and oxygen atoms in total. The fourth-order valence-electron chi connectivity index (χ4n) is 2.86. The Kier molecular flexibility index (Phi) is 6.55. The van der Waals surface area contributed by atoms with Crippen molar-refractivity contribution in [2.24, 2.45) is 0 Å². The van der Waals surface area contributed by atoms with Crippen LogP contribution in [-0.2, 0) is 16.0 Å². The molecule has 10 heteroatoms. The van der Waals surface area contributed by atoms with Gasteiger partial charge in [0.1, 0.15) is 0 Å². The van der Waals surface area contributed by atoms with Gasteiger partial charge in [0.2, 0.25) is 12.7 Å². The summed E-state index contributed by atoms with van der Waals surface area (Å²) in [6.07, 6.45) is 0.448. The fraction of sp³-hybridized carbons (Fsp3) is 0.300. The Labute approximate surface area is 170 Å². The number of halogens is 2. The molecule has 0 saturated heterocycles. The number of hydrogen-bond acceptors (Lipinski definition) is 7. The van der Waals surface area contributed by atoms with Gasteiger partial charge in [-0.3, -0.25) is 4.79 Å². The van der Waals surface area contributed by atoms with E-state index in [1.54, 1.807) is 12.1 Å². The smallest absolute Gasteiger partial charge is 0.387 e. The lowest BCUT2D eigenvalue weighted by molar-refractivity contribution is -0.116. The summed E-state index contributed by atoms with van der Waals surface area (Å²) >= 11 is 0. The summed E-state index contributed by atoms with van der Waals surface area (Å²) in [5.74, 6) is -0.408. The normalized spacial score (nSPS) is 11.9. The lowest BCUT2D eigenvalue weighted by atomic mass is 10.1. The summed E-state index contributed by atoms with van der Waals surface area (Å²) in [4.78, 5) is 24.5. The molecule has 2 aromatic rings. The second kappa shape index (κ2) is 9.29. The first-order valence-corrected chi connectivity index (χ1v) is 8.84. The van der Waals surface area contributed by atoms with Crippen LogP contribution >= 0.6 is 0 Å². The highest BCUT2D eigenvalue weighted by Crippen LogP contribution is 2.35. The van der Waals surface area contributed by atoms with Crippen molar-refractivity contribution in [3.8, 4) is 23.0 Å². The van der Waals surface area contributed by atoms with Crippen LogP contribution in [0.2, 0.25) is 0 Å². The van der Waals surface area contributed by atoms with E-state index in [0.29, 0.717) is 17.9 Å². The molecular weight excluding hydrogens is 404 g/mol. The minimum atomic E-state index is -3.11. The highest BCUT2D eigenvalue weighted by Gasteiger charge is 2.21. The number of carbonyl (C=O) groups is 2. The van der Waals surface area contributed by atoms with E-state index in [1.807, 2.05) is 6.07 Å². The maximum atomic E-state index is 12.7. The predicted molar refractivity (Wildman–Crippen MR) is 100 cm³/mol. The number of anilines is 1. The Hall–Kier alpha value is -3.56. The van der Waals surface area contributed by atoms with Gasteiger partial charge in [-0.15, -0.1) is 0 Å². The third-order valence-corrected chi connectivity index (χ3v) is 4.28. The molecule has 0 unspecified atom stereocenters. The number of hydrogen-bond donors (Lipinski definition) is 1. The SMILES string of the molecule is COC(=O)c1cc(OC)c(OC(F)F)cc1NC(=O)CCc1ccc2c(c1)OCO2. The number of fused-ring (bicyclic) bond motifs is 1. The van der Waals surface area contributed by atoms with Crippen LogP contribution < -0.4 is 24.3 Å². The molecule has 1 N–H and O–H groups in total. The van der Waals surface area contributed by atoms with Gasteiger partial charge in [0, 0.05) is 18.6 Å². The van der Waals surface area contributed by atoms with Gasteiger partial charge in [-0.05, 0) is 24.1 Å². The Morgan fingerprint density at radius 1 is 1.10 bits per heavy atom. The van der Waals surface area contributed by atoms with E-state index in [-0.39, 0.29) is 36.0 Å². The molecule has 1 amide bonds. The van der Waals surface area contributed by atoms with E-state index in [1.165, 1.54) is 7.11 Å². The Morgan fingerprint density at radius 3 is 2.57 bits per heavy atom. The molecule has 0 radical (unpaired) electrons. The van der Waals surface area contributed by atoms with Crippen molar-refractivity contribution in [3.05, 3.63) is 41.5 Å². The topological polar surface area (TPSA) is 92.3 Å². The number of rotatable bonds is 8. The van der Waals surface area contributed by atoms with Crippen LogP contribution in [0.5, 0.6) is 23.0 Å². The van der Waals surface area contributed by atoms with Crippen LogP contribution in [0.4, 0.5) is 14.5 Å². The van der Waals surface area contributed by atoms with Crippen molar-refractivity contribution in [3.63, 3.8) is 0 Å². The molecule has 0 bridgehead atoms. The highest BCUT2D eigenvalue weighted by molar-refractivity contribution is 6.02. The van der Waals surface area contributed by atoms with E-state index in [2.05, 4.69) is 10.1 Å². The minimum Gasteiger partial charge on any atom is -0.493 e. The van der Waals surface area contributed by atoms with E-state index in [0.717, 1.165) is 24.8 Å². The lowest BCUT2D eigenvalue weighted by Crippen LogP contribution is -2.16. The second-order valence-electron chi connectivity index (χ2n) is 6.15. The zero-order valence-corrected chi connectivity index (χ0v) is 16.2. The number of ether oxygens (including phenoxy) is 5. The van der Waals surface area contributed by atoms with Crippen molar-refractivity contribution in [1.29, 1.82) is 0 Å². The fourth-order valence-corrected chi connectivity index (χ4v) is 2.86. The molecule has 1 aliphatic rings. The van der Waals surface area contributed by atoms with Gasteiger partial charge in [0.15, 0.2) is 23.0 Å². The second-order valence-corrected chi connectivity index (χ2v) is 6.15. The van der Waals surface area contributed by atoms with Gasteiger partial charge in [-0.2, -0.15) is 8.78 Å². The number of amides is 1. The number of esters is 1. The number of nitrogens with one attached hydrogen (secondary N) is 1. The van der Waals surface area contributed by atoms with Crippen molar-refractivity contribution < 1.29 is 42.1 Å². The van der Waals surface area contributed by atoms with Crippen molar-refractivity contribution in [1.82, 2.24) is 0 Å². The zero-order chi connectivity index (χ0) is 21.7. The number of carbonyl (C=O) groups excluding carboxylic acids is 2. The maximum absolute atomic E-state index is 12.7. The number of alkyl halides is 2. The first-order chi connectivity index (χ1) is 14.4. The summed E-state index contributed by atoms with van der Waals surface area (Å²) in [6, 6.07) is 7.59. The molecule has 0 atom stereocenters. The van der Waals surface area contributed by atoms with E-state index < -0.39 is 18.5 Å². The predicted octanol–water partition coefficient (Wildman–Crippen LogP) is 3.38. The number of aryl methyl sites for hydroxylation is 1. The van der Waals surface area contributed by atoms with Crippen LogP contribution in [-0.4, -0.2) is 39.5 Å². The summed E-state index contributed by atoms with van der Waals surface area (Å²) in [7, 11) is 2.39. The molecule has 1 heterocycles. The van der Waals surface area contributed by atoms with E-state index in [9.17, 15) is 18.4 Å². The van der Waals surface area contributed by atoms with Gasteiger partial charge >= 0.3 is 12.6 Å². The van der Waals surface area contributed by atoms with Gasteiger partial charge < -0.3 is 29.0 Å². The number of methoxy groups -OCH3 is 2. The Morgan fingerprint density at radius 2 is 1.87 bits per heavy atom. The summed E-state index contributed by atoms with van der Waals surface area (Å²) < 4.78 is 50.0. The van der Waals surface area contributed by atoms with Crippen molar-refractivity contribution >= 4 is 17.6 Å². The first-order valence-electron chi connectivity index (χ1n) is 8.84. The summed E-state index contributed by atoms with van der Waals surface area (Å²) in [6.45, 7) is -2.96. The van der Waals surface area contributed by atoms with Crippen molar-refractivity contribution in [2.45, 2.75) is 19.5 Å². The average molecular weight is 423 g/mol. The van der Waals surface area contributed by atoms with Gasteiger partial charge in [-0.1, -0.05) is 6.07 Å². The molecule has 0 fully saturated rings. The van der Waals surface area contributed by atoms with Crippen LogP contribution in [0.1, 0.15) is 22.3 Å². The van der Waals surface area contributed by atoms with Crippen LogP contribution in [0.25, 0.3) is 0 Å². The third kappa shape index (κ3) is 4.88. The highest BCUT2D eigenvalue weighted by atomic mass is 19.3. The first kappa shape index (κ1) is 21.2. The molecule has 160 valence electrons. The lowest BCUT2D eigenvalue weighted by Gasteiger charge is -2.15. The molecule has 0 aromatic heterocycles. The maximum Gasteiger partial charge on any atom is 0.387 e. The average Bonchev–Trinajstić information content (AvgIpc) is 3.19. The summed E-state index contributed by atoms with van der Waals surface area (Å²) in [5, 5.41) is 2.54. The van der Waals surface area contributed by atoms with Gasteiger partial charge in [0.25, 0.3) is 0 Å². The molecular formula is C20H19F2NO7. The van der Waals surface area contributed by atoms with Crippen LogP contribution in [0.15, 0.2) is 30.3 Å². The van der Waals surface area contributed by atoms with Crippen LogP contribution in [0.3, 0.4) is 0 Å². The quantitative estimate of drug-likeness (QED) is 0.651. The largest absolute Gasteiger partial charge is 0.493 e. The Bertz CT molecular complexity index is 949. The standard InChI is InChI=1S/C20H19F2NO7/c1-26-15-8-12(19(25)27-2)13(9-17(15)30-20(21)22)23-18(24)6-4-11-3-5-14-16(7-11)29-10-28-14/h3,5,7-9,20H,4,6,10H2,1-2H3,(H,23,24). The molecule has 1 aliphatic heterocycles. The van der Waals surface area contributed by atoms with Crippen molar-refractivity contribution in [2.75, 3.05) is 26.3 Å². The molecule has 3 rings (SSSR count). The molecule has 0 spiro atoms. The molecule has 2 aromatic carbocycles. The summed E-state index contributed by atoms with van der Waals surface area (Å²) in [5.41, 5.74) is 0.750. The van der Waals surface area contributed by atoms with Crippen LogP contribution in [0, 0.1) is 0 Å². The molecule has 0 aliphatic carbocycles. The van der Waals surface area contributed by atoms with E-state index >= 15 is 0 Å². The van der Waals surface area contributed by atoms with Gasteiger partial charge in [0.05, 0.1) is 25.5 Å². The molecule has 0 saturated carbocycles. The van der Waals surface area contributed by atoms with E-state index in [4.69, 9.17) is 18.9 Å².